The molecular weight excluding hydrogens is 224 g/mol. The predicted octanol–water partition coefficient (Wildman–Crippen LogP) is 2.69. The van der Waals surface area contributed by atoms with Crippen molar-refractivity contribution in [3.05, 3.63) is 0 Å². The van der Waals surface area contributed by atoms with Crippen molar-refractivity contribution in [3.63, 3.8) is 0 Å². The standard InChI is InChI=1S/C15H30N2O/c1-12(2)5-3-4-10-17-15(18)14-8-6-13(11-16)7-9-14/h12-14H,3-11,16H2,1-2H3,(H,17,18). The zero-order valence-corrected chi connectivity index (χ0v) is 12.1. The third-order valence-electron chi connectivity index (χ3n) is 4.06. The lowest BCUT2D eigenvalue weighted by Gasteiger charge is -2.26. The van der Waals surface area contributed by atoms with Crippen molar-refractivity contribution in [2.45, 2.75) is 58.8 Å². The number of nitrogens with two attached hydrogens (primary N) is 1. The van der Waals surface area contributed by atoms with Crippen molar-refractivity contribution < 1.29 is 4.79 Å². The average molecular weight is 254 g/mol. The van der Waals surface area contributed by atoms with E-state index in [2.05, 4.69) is 19.2 Å². The minimum absolute atomic E-state index is 0.248. The molecule has 0 saturated heterocycles. The minimum atomic E-state index is 0.248. The zero-order valence-electron chi connectivity index (χ0n) is 12.1. The molecule has 0 radical (unpaired) electrons. The van der Waals surface area contributed by atoms with Crippen LogP contribution in [0.2, 0.25) is 0 Å². The Labute approximate surface area is 112 Å². The molecule has 0 unspecified atom stereocenters. The molecule has 106 valence electrons. The van der Waals surface area contributed by atoms with E-state index in [0.717, 1.165) is 51.1 Å². The summed E-state index contributed by atoms with van der Waals surface area (Å²) in [5.41, 5.74) is 5.66. The number of rotatable bonds is 7. The molecule has 1 fully saturated rings. The molecule has 0 aromatic rings. The fourth-order valence-corrected chi connectivity index (χ4v) is 2.69. The molecule has 1 saturated carbocycles. The van der Waals surface area contributed by atoms with Gasteiger partial charge < -0.3 is 11.1 Å². The van der Waals surface area contributed by atoms with E-state index in [4.69, 9.17) is 5.73 Å². The lowest BCUT2D eigenvalue weighted by atomic mass is 9.81. The van der Waals surface area contributed by atoms with Gasteiger partial charge in [0, 0.05) is 12.5 Å². The number of unbranched alkanes of at least 4 members (excludes halogenated alkanes) is 1. The Balaban J connectivity index is 2.07. The fraction of sp³-hybridized carbons (Fsp3) is 0.933. The molecule has 3 heteroatoms. The van der Waals surface area contributed by atoms with Gasteiger partial charge in [-0.1, -0.05) is 26.7 Å². The first-order valence-corrected chi connectivity index (χ1v) is 7.61. The molecule has 3 nitrogen and oxygen atoms in total. The summed E-state index contributed by atoms with van der Waals surface area (Å²) in [6.45, 7) is 6.12. The summed E-state index contributed by atoms with van der Waals surface area (Å²) in [4.78, 5) is 11.9. The van der Waals surface area contributed by atoms with Crippen LogP contribution in [0.4, 0.5) is 0 Å². The molecule has 0 aromatic heterocycles. The molecule has 0 aliphatic heterocycles. The van der Waals surface area contributed by atoms with Crippen LogP contribution in [0, 0.1) is 17.8 Å². The van der Waals surface area contributed by atoms with E-state index >= 15 is 0 Å². The average Bonchev–Trinajstić information content (AvgIpc) is 2.38. The van der Waals surface area contributed by atoms with Gasteiger partial charge in [0.15, 0.2) is 0 Å². The van der Waals surface area contributed by atoms with Gasteiger partial charge in [0.25, 0.3) is 0 Å². The second-order valence-electron chi connectivity index (χ2n) is 6.13. The number of hydrogen-bond acceptors (Lipinski definition) is 2. The van der Waals surface area contributed by atoms with Crippen molar-refractivity contribution in [3.8, 4) is 0 Å². The number of nitrogens with one attached hydrogen (secondary N) is 1. The first-order valence-electron chi connectivity index (χ1n) is 7.61. The third-order valence-corrected chi connectivity index (χ3v) is 4.06. The number of hydrogen-bond donors (Lipinski definition) is 2. The Hall–Kier alpha value is -0.570. The molecule has 0 spiro atoms. The molecule has 0 heterocycles. The number of amides is 1. The Morgan fingerprint density at radius 1 is 1.22 bits per heavy atom. The van der Waals surface area contributed by atoms with E-state index in [-0.39, 0.29) is 11.8 Å². The summed E-state index contributed by atoms with van der Waals surface area (Å²) in [5, 5.41) is 3.09. The molecule has 0 aromatic carbocycles. The Morgan fingerprint density at radius 3 is 2.44 bits per heavy atom. The zero-order chi connectivity index (χ0) is 13.4. The first kappa shape index (κ1) is 15.5. The molecule has 3 N–H and O–H groups in total. The molecule has 18 heavy (non-hydrogen) atoms. The maximum Gasteiger partial charge on any atom is 0.223 e. The van der Waals surface area contributed by atoms with Gasteiger partial charge in [-0.25, -0.2) is 0 Å². The SMILES string of the molecule is CC(C)CCCCNC(=O)C1CCC(CN)CC1. The van der Waals surface area contributed by atoms with Crippen molar-refractivity contribution in [2.75, 3.05) is 13.1 Å². The summed E-state index contributed by atoms with van der Waals surface area (Å²) < 4.78 is 0. The lowest BCUT2D eigenvalue weighted by Crippen LogP contribution is -2.34. The van der Waals surface area contributed by atoms with Gasteiger partial charge in [0.05, 0.1) is 0 Å². The van der Waals surface area contributed by atoms with Crippen LogP contribution in [0.25, 0.3) is 0 Å². The van der Waals surface area contributed by atoms with Crippen LogP contribution in [-0.4, -0.2) is 19.0 Å². The van der Waals surface area contributed by atoms with Gasteiger partial charge in [-0.15, -0.1) is 0 Å². The van der Waals surface area contributed by atoms with Crippen molar-refractivity contribution in [1.29, 1.82) is 0 Å². The van der Waals surface area contributed by atoms with Crippen LogP contribution in [-0.2, 0) is 4.79 Å². The van der Waals surface area contributed by atoms with Gasteiger partial charge in [-0.3, -0.25) is 4.79 Å². The summed E-state index contributed by atoms with van der Waals surface area (Å²) in [6.07, 6.45) is 7.90. The maximum absolute atomic E-state index is 11.9. The molecule has 0 atom stereocenters. The van der Waals surface area contributed by atoms with E-state index in [1.807, 2.05) is 0 Å². The topological polar surface area (TPSA) is 55.1 Å². The van der Waals surface area contributed by atoms with Crippen LogP contribution in [0.15, 0.2) is 0 Å². The highest BCUT2D eigenvalue weighted by Gasteiger charge is 2.25. The number of carbonyl (C=O) groups excluding carboxylic acids is 1. The number of carbonyl (C=O) groups is 1. The van der Waals surface area contributed by atoms with Crippen molar-refractivity contribution in [1.82, 2.24) is 5.32 Å². The summed E-state index contributed by atoms with van der Waals surface area (Å²) in [7, 11) is 0. The molecule has 1 aliphatic rings. The van der Waals surface area contributed by atoms with Gasteiger partial charge in [0.1, 0.15) is 0 Å². The monoisotopic (exact) mass is 254 g/mol. The van der Waals surface area contributed by atoms with E-state index in [1.54, 1.807) is 0 Å². The minimum Gasteiger partial charge on any atom is -0.356 e. The normalized spacial score (nSPS) is 24.2. The predicted molar refractivity (Wildman–Crippen MR) is 76.2 cm³/mol. The molecular formula is C15H30N2O. The Morgan fingerprint density at radius 2 is 1.89 bits per heavy atom. The van der Waals surface area contributed by atoms with Crippen LogP contribution in [0.5, 0.6) is 0 Å². The quantitative estimate of drug-likeness (QED) is 0.686. The van der Waals surface area contributed by atoms with E-state index in [9.17, 15) is 4.79 Å². The first-order chi connectivity index (χ1) is 8.63. The van der Waals surface area contributed by atoms with E-state index in [0.29, 0.717) is 5.92 Å². The second-order valence-corrected chi connectivity index (χ2v) is 6.13. The lowest BCUT2D eigenvalue weighted by molar-refractivity contribution is -0.126. The van der Waals surface area contributed by atoms with Crippen LogP contribution < -0.4 is 11.1 Å². The summed E-state index contributed by atoms with van der Waals surface area (Å²) >= 11 is 0. The maximum atomic E-state index is 11.9. The highest BCUT2D eigenvalue weighted by Crippen LogP contribution is 2.28. The highest BCUT2D eigenvalue weighted by atomic mass is 16.1. The molecule has 1 rings (SSSR count). The summed E-state index contributed by atoms with van der Waals surface area (Å²) in [5.74, 6) is 1.94. The van der Waals surface area contributed by atoms with E-state index in [1.165, 1.54) is 12.8 Å². The smallest absolute Gasteiger partial charge is 0.223 e. The van der Waals surface area contributed by atoms with Crippen LogP contribution in [0.3, 0.4) is 0 Å². The van der Waals surface area contributed by atoms with E-state index < -0.39 is 0 Å². The molecule has 1 amide bonds. The van der Waals surface area contributed by atoms with Gasteiger partial charge in [0.2, 0.25) is 5.91 Å². The van der Waals surface area contributed by atoms with Crippen molar-refractivity contribution in [2.24, 2.45) is 23.5 Å². The van der Waals surface area contributed by atoms with Crippen LogP contribution >= 0.6 is 0 Å². The Bertz CT molecular complexity index is 233. The largest absolute Gasteiger partial charge is 0.356 e. The van der Waals surface area contributed by atoms with Crippen LogP contribution in [0.1, 0.15) is 58.8 Å². The van der Waals surface area contributed by atoms with Gasteiger partial charge >= 0.3 is 0 Å². The van der Waals surface area contributed by atoms with Crippen molar-refractivity contribution >= 4 is 5.91 Å². The van der Waals surface area contributed by atoms with Gasteiger partial charge in [-0.05, 0) is 50.5 Å². The molecule has 0 bridgehead atoms. The highest BCUT2D eigenvalue weighted by molar-refractivity contribution is 5.78. The third kappa shape index (κ3) is 5.85. The Kier molecular flexibility index (Phi) is 7.33. The fourth-order valence-electron chi connectivity index (χ4n) is 2.69. The summed E-state index contributed by atoms with van der Waals surface area (Å²) in [6, 6.07) is 0. The second kappa shape index (κ2) is 8.52. The van der Waals surface area contributed by atoms with Gasteiger partial charge in [-0.2, -0.15) is 0 Å². The molecule has 1 aliphatic carbocycles.